The summed E-state index contributed by atoms with van der Waals surface area (Å²) in [6.45, 7) is 7.84. The van der Waals surface area contributed by atoms with E-state index in [0.29, 0.717) is 52.9 Å². The lowest BCUT2D eigenvalue weighted by Gasteiger charge is -2.25. The zero-order valence-corrected chi connectivity index (χ0v) is 24.8. The van der Waals surface area contributed by atoms with E-state index in [1.54, 1.807) is 38.2 Å². The number of hydrogen-bond acceptors (Lipinski definition) is 9. The molecule has 0 radical (unpaired) electrons. The van der Waals surface area contributed by atoms with E-state index in [0.717, 1.165) is 9.44 Å². The van der Waals surface area contributed by atoms with Gasteiger partial charge in [0.05, 0.1) is 45.7 Å². The van der Waals surface area contributed by atoms with Gasteiger partial charge in [-0.15, -0.1) is 0 Å². The van der Waals surface area contributed by atoms with Gasteiger partial charge in [0.15, 0.2) is 0 Å². The largest absolute Gasteiger partial charge is 0.467 e. The first-order chi connectivity index (χ1) is 20.4. The molecule has 5 rings (SSSR count). The lowest BCUT2D eigenvalue weighted by atomic mass is 9.98. The van der Waals surface area contributed by atoms with Crippen molar-refractivity contribution in [3.05, 3.63) is 46.6 Å². The number of ether oxygens (including phenoxy) is 1. The average molecular weight is 583 g/mol. The third-order valence-electron chi connectivity index (χ3n) is 7.18. The quantitative estimate of drug-likeness (QED) is 0.274. The van der Waals surface area contributed by atoms with E-state index in [4.69, 9.17) is 13.8 Å². The topological polar surface area (TPSA) is 136 Å². The van der Waals surface area contributed by atoms with Crippen LogP contribution in [0.2, 0.25) is 0 Å². The van der Waals surface area contributed by atoms with Gasteiger partial charge in [-0.05, 0) is 71.6 Å². The number of nitrogens with one attached hydrogen (secondary N) is 2. The van der Waals surface area contributed by atoms with Crippen molar-refractivity contribution >= 4 is 39.9 Å². The Bertz CT molecular complexity index is 1770. The highest BCUT2D eigenvalue weighted by Crippen LogP contribution is 2.39. The Hall–Kier alpha value is -3.77. The van der Waals surface area contributed by atoms with E-state index in [9.17, 15) is 14.7 Å². The molecular formula is C29H37N7O4S. The fourth-order valence-electron chi connectivity index (χ4n) is 5.34. The van der Waals surface area contributed by atoms with E-state index in [1.165, 1.54) is 29.0 Å². The van der Waals surface area contributed by atoms with Gasteiger partial charge in [0.25, 0.3) is 5.19 Å². The molecule has 0 bridgehead atoms. The van der Waals surface area contributed by atoms with Gasteiger partial charge >= 0.3 is 5.69 Å². The summed E-state index contributed by atoms with van der Waals surface area (Å²) in [4.78, 5) is 39.7. The van der Waals surface area contributed by atoms with Gasteiger partial charge in [-0.1, -0.05) is 11.3 Å². The molecule has 1 aliphatic rings. The molecule has 1 aliphatic carbocycles. The molecule has 4 aromatic heterocycles. The minimum Gasteiger partial charge on any atom is -0.467 e. The smallest absolute Gasteiger partial charge is 0.329 e. The average Bonchev–Trinajstić information content (AvgIpc) is 3.57. The van der Waals surface area contributed by atoms with E-state index < -0.39 is 23.8 Å². The van der Waals surface area contributed by atoms with Crippen molar-refractivity contribution in [1.82, 2.24) is 29.4 Å². The number of thiazole rings is 1. The number of hydrogen-bond donors (Lipinski definition) is 3. The molecule has 12 heteroatoms. The highest BCUT2D eigenvalue weighted by atomic mass is 32.1. The van der Waals surface area contributed by atoms with Gasteiger partial charge < -0.3 is 20.5 Å². The number of pyridine rings is 2. The van der Waals surface area contributed by atoms with Crippen molar-refractivity contribution in [3.63, 3.8) is 0 Å². The van der Waals surface area contributed by atoms with Crippen LogP contribution in [0.15, 0.2) is 35.4 Å². The second-order valence-electron chi connectivity index (χ2n) is 11.7. The summed E-state index contributed by atoms with van der Waals surface area (Å²) >= 11 is 1.34. The number of carbonyl (C=O) groups excluding carboxylic acids is 1. The normalized spacial score (nSPS) is 20.6. The Morgan fingerprint density at radius 1 is 1.24 bits per heavy atom. The number of fused-ring (bicyclic) bond motifs is 1. The van der Waals surface area contributed by atoms with Crippen molar-refractivity contribution in [2.24, 2.45) is 6.98 Å². The first kappa shape index (κ1) is 25.0. The van der Waals surface area contributed by atoms with Crippen molar-refractivity contribution in [2.75, 3.05) is 5.32 Å². The Kier molecular flexibility index (Phi) is 6.44. The number of carbonyl (C=O) groups is 1. The summed E-state index contributed by atoms with van der Waals surface area (Å²) in [5.74, 6) is 0.550. The Morgan fingerprint density at radius 3 is 2.71 bits per heavy atom. The molecule has 1 saturated carbocycles. The minimum absolute atomic E-state index is 0.0381. The molecule has 0 spiro atoms. The van der Waals surface area contributed by atoms with Gasteiger partial charge in [0, 0.05) is 35.7 Å². The number of amides is 1. The van der Waals surface area contributed by atoms with Crippen molar-refractivity contribution < 1.29 is 18.8 Å². The van der Waals surface area contributed by atoms with Gasteiger partial charge in [-0.3, -0.25) is 13.9 Å². The second kappa shape index (κ2) is 10.6. The maximum Gasteiger partial charge on any atom is 0.329 e. The second-order valence-corrected chi connectivity index (χ2v) is 12.6. The lowest BCUT2D eigenvalue weighted by molar-refractivity contribution is -0.120. The molecule has 41 heavy (non-hydrogen) atoms. The zero-order valence-electron chi connectivity index (χ0n) is 27.0. The van der Waals surface area contributed by atoms with E-state index in [1.807, 2.05) is 20.8 Å². The van der Waals surface area contributed by atoms with Gasteiger partial charge in [0.1, 0.15) is 11.6 Å². The van der Waals surface area contributed by atoms with Crippen LogP contribution < -0.4 is 21.1 Å². The summed E-state index contributed by atoms with van der Waals surface area (Å²) in [5.41, 5.74) is -0.629. The van der Waals surface area contributed by atoms with Crippen LogP contribution in [-0.2, 0) is 17.4 Å². The first-order valence-electron chi connectivity index (χ1n) is 15.0. The molecule has 0 saturated heterocycles. The molecule has 218 valence electrons. The van der Waals surface area contributed by atoms with Gasteiger partial charge in [-0.25, -0.2) is 19.7 Å². The number of aryl methyl sites for hydroxylation is 1. The molecule has 11 nitrogen and oxygen atoms in total. The van der Waals surface area contributed by atoms with Crippen molar-refractivity contribution in [1.29, 1.82) is 0 Å². The molecular weight excluding hydrogens is 542 g/mol. The highest BCUT2D eigenvalue weighted by Gasteiger charge is 2.38. The summed E-state index contributed by atoms with van der Waals surface area (Å²) < 4.78 is 32.1. The number of aliphatic hydroxyl groups is 1. The monoisotopic (exact) mass is 582 g/mol. The van der Waals surface area contributed by atoms with Crippen LogP contribution in [0.4, 0.5) is 11.6 Å². The third-order valence-corrected chi connectivity index (χ3v) is 8.09. The van der Waals surface area contributed by atoms with E-state index in [2.05, 4.69) is 20.6 Å². The summed E-state index contributed by atoms with van der Waals surface area (Å²) in [7, 11) is 0. The minimum atomic E-state index is -2.72. The number of anilines is 2. The molecule has 4 heterocycles. The van der Waals surface area contributed by atoms with E-state index >= 15 is 0 Å². The number of imidazole rings is 1. The summed E-state index contributed by atoms with van der Waals surface area (Å²) in [6.07, 6.45) is 4.68. The molecule has 1 fully saturated rings. The maximum atomic E-state index is 13.6. The van der Waals surface area contributed by atoms with Crippen LogP contribution in [0.25, 0.3) is 21.6 Å². The Morgan fingerprint density at radius 2 is 2.02 bits per heavy atom. The standard InChI is InChI=1S/C29H37N7O4S/c1-16(2)40-26-31-15-23(41-26)20-10-18(28(4,5)39)11-25(32-20)33-24-12-21-22(14-30-24)35(7)27(38)36(21)19-8-9-29(6,13-19)34-17(3)37/h10-12,14-16,19,39H,8-9,13H2,1-7H3,(H,34,37)(H,30,32,33)/t19-,29+/m1/s1/i7D3. The van der Waals surface area contributed by atoms with Crippen LogP contribution in [0.1, 0.15) is 76.5 Å². The number of aromatic nitrogens is 5. The Balaban J connectivity index is 1.57. The SMILES string of the molecule is [2H]C([2H])([2H])n1c(=O)n([C@@H]2CC[C@](C)(NC(C)=O)C2)c2cc(Nc3cc(C(C)(C)O)cc(-c4cnc(OC(C)C)s4)n3)ncc21. The summed E-state index contributed by atoms with van der Waals surface area (Å²) in [6, 6.07) is 4.79. The zero-order chi connectivity index (χ0) is 32.2. The van der Waals surface area contributed by atoms with Crippen LogP contribution in [0.3, 0.4) is 0 Å². The lowest BCUT2D eigenvalue weighted by Crippen LogP contribution is -2.43. The summed E-state index contributed by atoms with van der Waals surface area (Å²) in [5, 5.41) is 17.5. The van der Waals surface area contributed by atoms with Crippen molar-refractivity contribution in [3.8, 4) is 15.8 Å². The van der Waals surface area contributed by atoms with Crippen LogP contribution >= 0.6 is 11.3 Å². The molecule has 0 aromatic carbocycles. The molecule has 0 aliphatic heterocycles. The predicted molar refractivity (Wildman–Crippen MR) is 160 cm³/mol. The Labute approximate surface area is 246 Å². The first-order valence-corrected chi connectivity index (χ1v) is 14.3. The fourth-order valence-corrected chi connectivity index (χ4v) is 6.19. The fraction of sp³-hybridized carbons (Fsp3) is 0.483. The highest BCUT2D eigenvalue weighted by molar-refractivity contribution is 7.16. The van der Waals surface area contributed by atoms with Gasteiger partial charge in [-0.2, -0.15) is 0 Å². The van der Waals surface area contributed by atoms with Crippen LogP contribution in [0.5, 0.6) is 5.19 Å². The van der Waals surface area contributed by atoms with Gasteiger partial charge in [0.2, 0.25) is 5.91 Å². The predicted octanol–water partition coefficient (Wildman–Crippen LogP) is 4.63. The molecule has 4 aromatic rings. The molecule has 2 atom stereocenters. The molecule has 3 N–H and O–H groups in total. The molecule has 0 unspecified atom stereocenters. The maximum absolute atomic E-state index is 13.6. The number of nitrogens with zero attached hydrogens (tertiary/aromatic N) is 5. The third kappa shape index (κ3) is 5.98. The van der Waals surface area contributed by atoms with Crippen molar-refractivity contribution in [2.45, 2.75) is 84.1 Å². The molecule has 1 amide bonds. The van der Waals surface area contributed by atoms with E-state index in [-0.39, 0.29) is 23.6 Å². The van der Waals surface area contributed by atoms with Crippen LogP contribution in [0, 0.1) is 0 Å². The number of rotatable bonds is 8. The van der Waals surface area contributed by atoms with Crippen LogP contribution in [-0.4, -0.2) is 46.7 Å².